The quantitative estimate of drug-likeness (QED) is 0.664. The first-order valence-corrected chi connectivity index (χ1v) is 10.9. The average Bonchev–Trinajstić information content (AvgIpc) is 2.76. The van der Waals surface area contributed by atoms with Gasteiger partial charge in [0, 0.05) is 32.6 Å². The van der Waals surface area contributed by atoms with Crippen LogP contribution in [0.1, 0.15) is 37.0 Å². The second kappa shape index (κ2) is 11.2. The number of amides is 1. The van der Waals surface area contributed by atoms with Crippen LogP contribution in [-0.4, -0.2) is 50.3 Å². The number of aryl methyl sites for hydroxylation is 1. The van der Waals surface area contributed by atoms with Crippen molar-refractivity contribution >= 4 is 5.91 Å². The summed E-state index contributed by atoms with van der Waals surface area (Å²) in [4.78, 5) is 14.9. The monoisotopic (exact) mass is 426 g/mol. The van der Waals surface area contributed by atoms with Crippen LogP contribution < -0.4 is 14.8 Å². The molecular formula is C25H34N2O4. The van der Waals surface area contributed by atoms with E-state index in [1.165, 1.54) is 5.56 Å². The third-order valence-corrected chi connectivity index (χ3v) is 5.57. The van der Waals surface area contributed by atoms with Gasteiger partial charge in [-0.15, -0.1) is 0 Å². The Balaban J connectivity index is 1.52. The van der Waals surface area contributed by atoms with Crippen molar-refractivity contribution in [3.8, 4) is 11.5 Å². The Kier molecular flexibility index (Phi) is 8.32. The Labute approximate surface area is 185 Å². The first-order chi connectivity index (χ1) is 15.0. The van der Waals surface area contributed by atoms with Crippen LogP contribution >= 0.6 is 0 Å². The highest BCUT2D eigenvalue weighted by atomic mass is 16.5. The van der Waals surface area contributed by atoms with E-state index in [1.807, 2.05) is 24.3 Å². The molecule has 168 valence electrons. The number of morpholine rings is 1. The normalized spacial score (nSPS) is 19.1. The molecule has 6 heteroatoms. The van der Waals surface area contributed by atoms with Gasteiger partial charge in [-0.1, -0.05) is 30.3 Å². The molecule has 0 spiro atoms. The highest BCUT2D eigenvalue weighted by Gasteiger charge is 2.22. The maximum Gasteiger partial charge on any atom is 0.220 e. The third-order valence-electron chi connectivity index (χ3n) is 5.57. The molecule has 1 fully saturated rings. The largest absolute Gasteiger partial charge is 0.493 e. The lowest BCUT2D eigenvalue weighted by molar-refractivity contribution is -0.121. The zero-order valence-electron chi connectivity index (χ0n) is 19.0. The lowest BCUT2D eigenvalue weighted by atomic mass is 10.1. The van der Waals surface area contributed by atoms with E-state index in [0.29, 0.717) is 30.9 Å². The number of hydrogen-bond donors (Lipinski definition) is 1. The fourth-order valence-corrected chi connectivity index (χ4v) is 4.11. The van der Waals surface area contributed by atoms with Crippen molar-refractivity contribution in [1.82, 2.24) is 10.2 Å². The van der Waals surface area contributed by atoms with Crippen LogP contribution in [0.3, 0.4) is 0 Å². The fourth-order valence-electron chi connectivity index (χ4n) is 4.11. The molecule has 2 atom stereocenters. The zero-order valence-corrected chi connectivity index (χ0v) is 19.0. The molecule has 0 aliphatic carbocycles. The standard InChI is InChI=1S/C25H34N2O4/c1-18-15-27(16-19(2)31-18)17-22-8-6-5-7-21(22)14-26-25(28)12-10-20-9-11-23(29-3)24(13-20)30-4/h5-9,11,13,18-19H,10,12,14-17H2,1-4H3,(H,26,28). The molecule has 1 amide bonds. The predicted octanol–water partition coefficient (Wildman–Crippen LogP) is 3.56. The van der Waals surface area contributed by atoms with Gasteiger partial charge in [0.05, 0.1) is 26.4 Å². The van der Waals surface area contributed by atoms with Crippen LogP contribution in [0, 0.1) is 0 Å². The van der Waals surface area contributed by atoms with Crippen LogP contribution in [0.5, 0.6) is 11.5 Å². The average molecular weight is 427 g/mol. The number of nitrogens with zero attached hydrogens (tertiary/aromatic N) is 1. The second-order valence-corrected chi connectivity index (χ2v) is 8.19. The van der Waals surface area contributed by atoms with E-state index in [0.717, 1.165) is 30.8 Å². The van der Waals surface area contributed by atoms with Gasteiger partial charge in [0.15, 0.2) is 11.5 Å². The number of carbonyl (C=O) groups is 1. The number of hydrogen-bond acceptors (Lipinski definition) is 5. The number of ether oxygens (including phenoxy) is 3. The van der Waals surface area contributed by atoms with Gasteiger partial charge in [-0.3, -0.25) is 9.69 Å². The van der Waals surface area contributed by atoms with E-state index in [9.17, 15) is 4.79 Å². The van der Waals surface area contributed by atoms with E-state index in [-0.39, 0.29) is 18.1 Å². The maximum absolute atomic E-state index is 12.5. The molecule has 1 N–H and O–H groups in total. The van der Waals surface area contributed by atoms with Crippen molar-refractivity contribution in [2.24, 2.45) is 0 Å². The molecule has 2 aromatic carbocycles. The van der Waals surface area contributed by atoms with E-state index in [2.05, 4.69) is 42.3 Å². The van der Waals surface area contributed by atoms with E-state index < -0.39 is 0 Å². The molecule has 1 aliphatic rings. The topological polar surface area (TPSA) is 60.0 Å². The lowest BCUT2D eigenvalue weighted by Crippen LogP contribution is -2.45. The summed E-state index contributed by atoms with van der Waals surface area (Å²) in [6.45, 7) is 7.50. The summed E-state index contributed by atoms with van der Waals surface area (Å²) in [5, 5.41) is 3.08. The Hall–Kier alpha value is -2.57. The van der Waals surface area contributed by atoms with Gasteiger partial charge in [0.1, 0.15) is 0 Å². The van der Waals surface area contributed by atoms with Gasteiger partial charge in [-0.05, 0) is 49.1 Å². The Morgan fingerprint density at radius 3 is 2.39 bits per heavy atom. The Morgan fingerprint density at radius 2 is 1.71 bits per heavy atom. The highest BCUT2D eigenvalue weighted by molar-refractivity contribution is 5.76. The molecule has 0 saturated carbocycles. The van der Waals surface area contributed by atoms with Crippen molar-refractivity contribution in [1.29, 1.82) is 0 Å². The summed E-state index contributed by atoms with van der Waals surface area (Å²) in [7, 11) is 3.23. The maximum atomic E-state index is 12.5. The molecule has 2 aromatic rings. The number of benzene rings is 2. The van der Waals surface area contributed by atoms with Gasteiger partial charge in [-0.25, -0.2) is 0 Å². The summed E-state index contributed by atoms with van der Waals surface area (Å²) >= 11 is 0. The predicted molar refractivity (Wildman–Crippen MR) is 121 cm³/mol. The first-order valence-electron chi connectivity index (χ1n) is 10.9. The lowest BCUT2D eigenvalue weighted by Gasteiger charge is -2.35. The van der Waals surface area contributed by atoms with Crippen LogP contribution in [0.25, 0.3) is 0 Å². The minimum atomic E-state index is 0.0400. The number of nitrogens with one attached hydrogen (secondary N) is 1. The van der Waals surface area contributed by atoms with Crippen molar-refractivity contribution < 1.29 is 19.0 Å². The number of methoxy groups -OCH3 is 2. The summed E-state index contributed by atoms with van der Waals surface area (Å²) < 4.78 is 16.4. The molecule has 2 unspecified atom stereocenters. The minimum Gasteiger partial charge on any atom is -0.493 e. The van der Waals surface area contributed by atoms with Crippen molar-refractivity contribution in [2.75, 3.05) is 27.3 Å². The molecule has 1 saturated heterocycles. The molecular weight excluding hydrogens is 392 g/mol. The van der Waals surface area contributed by atoms with Crippen molar-refractivity contribution in [2.45, 2.75) is 52.0 Å². The van der Waals surface area contributed by atoms with Gasteiger partial charge < -0.3 is 19.5 Å². The van der Waals surface area contributed by atoms with E-state index in [1.54, 1.807) is 14.2 Å². The summed E-state index contributed by atoms with van der Waals surface area (Å²) in [5.74, 6) is 1.41. The third kappa shape index (κ3) is 6.71. The highest BCUT2D eigenvalue weighted by Crippen LogP contribution is 2.28. The van der Waals surface area contributed by atoms with Gasteiger partial charge in [-0.2, -0.15) is 0 Å². The summed E-state index contributed by atoms with van der Waals surface area (Å²) in [6.07, 6.45) is 1.56. The van der Waals surface area contributed by atoms with Crippen LogP contribution in [0.15, 0.2) is 42.5 Å². The molecule has 1 heterocycles. The van der Waals surface area contributed by atoms with E-state index >= 15 is 0 Å². The molecule has 6 nitrogen and oxygen atoms in total. The fraction of sp³-hybridized carbons (Fsp3) is 0.480. The van der Waals surface area contributed by atoms with E-state index in [4.69, 9.17) is 14.2 Å². The molecule has 0 radical (unpaired) electrons. The number of rotatable bonds is 9. The van der Waals surface area contributed by atoms with Crippen LogP contribution in [-0.2, 0) is 29.0 Å². The SMILES string of the molecule is COc1ccc(CCC(=O)NCc2ccccc2CN2CC(C)OC(C)C2)cc1OC. The zero-order chi connectivity index (χ0) is 22.2. The summed E-state index contributed by atoms with van der Waals surface area (Å²) in [5.41, 5.74) is 3.46. The van der Waals surface area contributed by atoms with Gasteiger partial charge >= 0.3 is 0 Å². The molecule has 31 heavy (non-hydrogen) atoms. The van der Waals surface area contributed by atoms with Crippen molar-refractivity contribution in [3.05, 3.63) is 59.2 Å². The van der Waals surface area contributed by atoms with Crippen molar-refractivity contribution in [3.63, 3.8) is 0 Å². The second-order valence-electron chi connectivity index (χ2n) is 8.19. The minimum absolute atomic E-state index is 0.0400. The summed E-state index contributed by atoms with van der Waals surface area (Å²) in [6, 6.07) is 14.1. The molecule has 0 bridgehead atoms. The van der Waals surface area contributed by atoms with Crippen LogP contribution in [0.2, 0.25) is 0 Å². The molecule has 0 aromatic heterocycles. The van der Waals surface area contributed by atoms with Crippen LogP contribution in [0.4, 0.5) is 0 Å². The number of carbonyl (C=O) groups excluding carboxylic acids is 1. The van der Waals surface area contributed by atoms with Gasteiger partial charge in [0.2, 0.25) is 5.91 Å². The molecule has 1 aliphatic heterocycles. The van der Waals surface area contributed by atoms with Gasteiger partial charge in [0.25, 0.3) is 0 Å². The smallest absolute Gasteiger partial charge is 0.220 e. The molecule has 3 rings (SSSR count). The Bertz CT molecular complexity index is 860. The Morgan fingerprint density at radius 1 is 1.03 bits per heavy atom. The first kappa shape index (κ1) is 23.1.